The molecule has 0 aliphatic rings. The summed E-state index contributed by atoms with van der Waals surface area (Å²) in [6.07, 6.45) is 47.5. The number of carbonyl (C=O) groups excluding carboxylic acids is 2. The van der Waals surface area contributed by atoms with Gasteiger partial charge in [-0.3, -0.25) is 9.59 Å². The molecule has 0 radical (unpaired) electrons. The second-order valence-electron chi connectivity index (χ2n) is 15.9. The van der Waals surface area contributed by atoms with Gasteiger partial charge in [0, 0.05) is 12.8 Å². The van der Waals surface area contributed by atoms with Crippen LogP contribution in [0.4, 0.5) is 0 Å². The molecule has 0 rings (SSSR count). The predicted molar refractivity (Wildman–Crippen MR) is 234 cm³/mol. The topological polar surface area (TPSA) is 99.1 Å². The minimum Gasteiger partial charge on any atom is -0.477 e. The Hall–Kier alpha value is -2.97. The number of ether oxygens (including phenoxy) is 3. The van der Waals surface area contributed by atoms with Crippen molar-refractivity contribution in [1.29, 1.82) is 0 Å². The number of carbonyl (C=O) groups is 3. The Labute approximate surface area is 343 Å². The van der Waals surface area contributed by atoms with Gasteiger partial charge in [0.1, 0.15) is 6.61 Å². The van der Waals surface area contributed by atoms with Gasteiger partial charge in [-0.15, -0.1) is 0 Å². The zero-order valence-electron chi connectivity index (χ0n) is 36.6. The molecule has 56 heavy (non-hydrogen) atoms. The molecule has 322 valence electrons. The van der Waals surface area contributed by atoms with Crippen molar-refractivity contribution in [2.75, 3.05) is 41.0 Å². The number of carboxylic acid groups (broad SMARTS) is 1. The molecule has 1 N–H and O–H groups in total. The second-order valence-corrected chi connectivity index (χ2v) is 15.9. The first-order valence-electron chi connectivity index (χ1n) is 22.3. The minimum absolute atomic E-state index is 0.0203. The maximum Gasteiger partial charge on any atom is 0.362 e. The predicted octanol–water partition coefficient (Wildman–Crippen LogP) is 12.2. The largest absolute Gasteiger partial charge is 0.477 e. The molecule has 0 saturated carbocycles. The number of hydrogen-bond donors (Lipinski definition) is 1. The van der Waals surface area contributed by atoms with Crippen molar-refractivity contribution in [1.82, 2.24) is 0 Å². The van der Waals surface area contributed by atoms with Gasteiger partial charge >= 0.3 is 17.9 Å². The number of aliphatic carboxylic acids is 1. The number of esters is 2. The van der Waals surface area contributed by atoms with Gasteiger partial charge in [0.2, 0.25) is 0 Å². The molecule has 0 heterocycles. The standard InChI is InChI=1S/C48H83NO7/c1-6-8-10-12-14-16-17-18-19-20-21-22-23-24-25-26-27-28-29-31-32-34-36-38-46(50)55-43-44(42-54-41-40-45(48(52)53)49(3,4)5)56-47(51)39-37-35-33-30-15-13-11-9-7-2/h9,11,15,21-22,24-25,30,35,37,44-45H,6-8,10,12-14,16-20,23,26-29,31-34,36,38-43H2,1-5H3/p+1/b11-9+,22-21+,25-24+,30-15+,37-35+. The second kappa shape index (κ2) is 38.9. The van der Waals surface area contributed by atoms with E-state index in [0.29, 0.717) is 12.8 Å². The van der Waals surface area contributed by atoms with E-state index in [-0.39, 0.29) is 36.7 Å². The van der Waals surface area contributed by atoms with Gasteiger partial charge in [-0.25, -0.2) is 4.79 Å². The van der Waals surface area contributed by atoms with Crippen molar-refractivity contribution in [3.63, 3.8) is 0 Å². The highest BCUT2D eigenvalue weighted by Crippen LogP contribution is 2.13. The molecule has 8 nitrogen and oxygen atoms in total. The Morgan fingerprint density at radius 2 is 1.05 bits per heavy atom. The molecule has 0 saturated heterocycles. The molecule has 0 amide bonds. The highest BCUT2D eigenvalue weighted by atomic mass is 16.6. The first-order valence-corrected chi connectivity index (χ1v) is 22.3. The van der Waals surface area contributed by atoms with Crippen LogP contribution in [0.15, 0.2) is 60.8 Å². The summed E-state index contributed by atoms with van der Waals surface area (Å²) in [7, 11) is 5.48. The lowest BCUT2D eigenvalue weighted by Crippen LogP contribution is -2.50. The Morgan fingerprint density at radius 1 is 0.571 bits per heavy atom. The SMILES string of the molecule is CC/C=C/C/C=C/C/C=C/CC(=O)OC(COCCC(C(=O)O)[N+](C)(C)C)COC(=O)CCCCCCCCC/C=C/C/C=C/CCCCCCCCCCC. The first-order chi connectivity index (χ1) is 27.1. The molecular weight excluding hydrogens is 703 g/mol. The van der Waals surface area contributed by atoms with Gasteiger partial charge in [0.05, 0.1) is 40.8 Å². The molecule has 0 bridgehead atoms. The van der Waals surface area contributed by atoms with Crippen LogP contribution >= 0.6 is 0 Å². The molecule has 0 aliphatic carbocycles. The zero-order chi connectivity index (χ0) is 41.4. The molecule has 0 spiro atoms. The number of allylic oxidation sites excluding steroid dienone is 9. The number of hydrogen-bond acceptors (Lipinski definition) is 6. The number of quaternary nitrogens is 1. The Balaban J connectivity index is 4.24. The molecule has 2 unspecified atom stereocenters. The van der Waals surface area contributed by atoms with Gasteiger partial charge in [-0.2, -0.15) is 0 Å². The first kappa shape index (κ1) is 53.0. The van der Waals surface area contributed by atoms with E-state index >= 15 is 0 Å². The third-order valence-electron chi connectivity index (χ3n) is 9.68. The summed E-state index contributed by atoms with van der Waals surface area (Å²) >= 11 is 0. The van der Waals surface area contributed by atoms with E-state index in [9.17, 15) is 19.5 Å². The van der Waals surface area contributed by atoms with E-state index in [1.165, 1.54) is 89.9 Å². The lowest BCUT2D eigenvalue weighted by molar-refractivity contribution is -0.887. The Bertz CT molecular complexity index is 1100. The molecule has 2 atom stereocenters. The zero-order valence-corrected chi connectivity index (χ0v) is 36.6. The quantitative estimate of drug-likeness (QED) is 0.0287. The number of unbranched alkanes of at least 4 members (excludes halogenated alkanes) is 16. The van der Waals surface area contributed by atoms with E-state index in [2.05, 4.69) is 62.5 Å². The summed E-state index contributed by atoms with van der Waals surface area (Å²) in [5.74, 6) is -1.63. The number of rotatable bonds is 39. The number of carboxylic acids is 1. The van der Waals surface area contributed by atoms with E-state index in [0.717, 1.165) is 51.4 Å². The average Bonchev–Trinajstić information content (AvgIpc) is 3.15. The van der Waals surface area contributed by atoms with Crippen LogP contribution in [0, 0.1) is 0 Å². The summed E-state index contributed by atoms with van der Waals surface area (Å²) in [6, 6.07) is -0.630. The van der Waals surface area contributed by atoms with Crippen molar-refractivity contribution < 1.29 is 38.2 Å². The van der Waals surface area contributed by atoms with Crippen LogP contribution < -0.4 is 0 Å². The van der Waals surface area contributed by atoms with E-state index in [1.54, 1.807) is 6.08 Å². The Kier molecular flexibility index (Phi) is 36.8. The molecule has 0 aromatic heterocycles. The van der Waals surface area contributed by atoms with Crippen LogP contribution in [-0.2, 0) is 28.6 Å². The maximum absolute atomic E-state index is 12.6. The number of nitrogens with zero attached hydrogens (tertiary/aromatic N) is 1. The van der Waals surface area contributed by atoms with E-state index < -0.39 is 24.1 Å². The van der Waals surface area contributed by atoms with Crippen molar-refractivity contribution in [2.45, 2.75) is 187 Å². The average molecular weight is 787 g/mol. The van der Waals surface area contributed by atoms with Crippen LogP contribution in [0.25, 0.3) is 0 Å². The normalized spacial score (nSPS) is 13.5. The molecular formula is C48H84NO7+. The van der Waals surface area contributed by atoms with Crippen molar-refractivity contribution in [2.24, 2.45) is 0 Å². The third kappa shape index (κ3) is 36.7. The maximum atomic E-state index is 12.6. The van der Waals surface area contributed by atoms with Crippen LogP contribution in [0.1, 0.15) is 174 Å². The van der Waals surface area contributed by atoms with Crippen molar-refractivity contribution >= 4 is 17.9 Å². The fourth-order valence-corrected chi connectivity index (χ4v) is 6.24. The summed E-state index contributed by atoms with van der Waals surface area (Å²) < 4.78 is 17.1. The van der Waals surface area contributed by atoms with Crippen LogP contribution in [0.5, 0.6) is 0 Å². The fourth-order valence-electron chi connectivity index (χ4n) is 6.24. The van der Waals surface area contributed by atoms with Crippen LogP contribution in [-0.4, -0.2) is 80.6 Å². The smallest absolute Gasteiger partial charge is 0.362 e. The van der Waals surface area contributed by atoms with Gasteiger partial charge in [0.15, 0.2) is 12.1 Å². The third-order valence-corrected chi connectivity index (χ3v) is 9.68. The highest BCUT2D eigenvalue weighted by molar-refractivity contribution is 5.72. The van der Waals surface area contributed by atoms with Gasteiger partial charge in [-0.1, -0.05) is 158 Å². The summed E-state index contributed by atoms with van der Waals surface area (Å²) in [5.41, 5.74) is 0. The van der Waals surface area contributed by atoms with Crippen molar-refractivity contribution in [3.05, 3.63) is 60.8 Å². The van der Waals surface area contributed by atoms with Crippen LogP contribution in [0.2, 0.25) is 0 Å². The molecule has 0 fully saturated rings. The fraction of sp³-hybridized carbons (Fsp3) is 0.729. The lowest BCUT2D eigenvalue weighted by Gasteiger charge is -2.31. The van der Waals surface area contributed by atoms with E-state index in [1.807, 2.05) is 27.2 Å². The van der Waals surface area contributed by atoms with Gasteiger partial charge < -0.3 is 23.8 Å². The molecule has 8 heteroatoms. The monoisotopic (exact) mass is 787 g/mol. The van der Waals surface area contributed by atoms with Crippen LogP contribution in [0.3, 0.4) is 0 Å². The lowest BCUT2D eigenvalue weighted by atomic mass is 10.1. The Morgan fingerprint density at radius 3 is 1.57 bits per heavy atom. The van der Waals surface area contributed by atoms with Gasteiger partial charge in [0.25, 0.3) is 0 Å². The summed E-state index contributed by atoms with van der Waals surface area (Å²) in [4.78, 5) is 36.8. The van der Waals surface area contributed by atoms with Gasteiger partial charge in [-0.05, 0) is 57.8 Å². The highest BCUT2D eigenvalue weighted by Gasteiger charge is 2.31. The summed E-state index contributed by atoms with van der Waals surface area (Å²) in [5, 5.41) is 9.59. The van der Waals surface area contributed by atoms with Crippen molar-refractivity contribution in [3.8, 4) is 0 Å². The number of likely N-dealkylation sites (N-methyl/N-ethyl adjacent to an activating group) is 1. The molecule has 0 aromatic carbocycles. The summed E-state index contributed by atoms with van der Waals surface area (Å²) in [6.45, 7) is 4.49. The molecule has 0 aromatic rings. The van der Waals surface area contributed by atoms with E-state index in [4.69, 9.17) is 14.2 Å². The molecule has 0 aliphatic heterocycles. The minimum atomic E-state index is -0.891.